The summed E-state index contributed by atoms with van der Waals surface area (Å²) in [6, 6.07) is 3.19. The fourth-order valence-corrected chi connectivity index (χ4v) is 4.43. The molecule has 2 rings (SSSR count). The van der Waals surface area contributed by atoms with Gasteiger partial charge in [-0.25, -0.2) is 0 Å². The molecular formula is C14H25N2+. The van der Waals surface area contributed by atoms with Gasteiger partial charge in [-0.15, -0.1) is 0 Å². The van der Waals surface area contributed by atoms with Crippen LogP contribution in [0.3, 0.4) is 0 Å². The minimum Gasteiger partial charge on any atom is -0.331 e. The Kier molecular flexibility index (Phi) is 2.78. The highest BCUT2D eigenvalue weighted by Gasteiger charge is 2.52. The largest absolute Gasteiger partial charge is 0.331 e. The molecule has 16 heavy (non-hydrogen) atoms. The summed E-state index contributed by atoms with van der Waals surface area (Å²) < 4.78 is 0. The molecule has 2 heteroatoms. The second kappa shape index (κ2) is 3.74. The van der Waals surface area contributed by atoms with Gasteiger partial charge in [0.2, 0.25) is 0 Å². The summed E-state index contributed by atoms with van der Waals surface area (Å²) in [7, 11) is 0. The van der Waals surface area contributed by atoms with Gasteiger partial charge in [0.1, 0.15) is 0 Å². The Morgan fingerprint density at radius 2 is 2.06 bits per heavy atom. The van der Waals surface area contributed by atoms with Crippen molar-refractivity contribution in [3.8, 4) is 6.07 Å². The molecule has 1 heterocycles. The van der Waals surface area contributed by atoms with Gasteiger partial charge in [0.05, 0.1) is 31.1 Å². The normalized spacial score (nSPS) is 42.7. The molecule has 2 bridgehead atoms. The molecule has 1 saturated carbocycles. The monoisotopic (exact) mass is 221 g/mol. The van der Waals surface area contributed by atoms with Gasteiger partial charge in [-0.05, 0) is 18.8 Å². The fraction of sp³-hybridized carbons (Fsp3) is 0.929. The quantitative estimate of drug-likeness (QED) is 0.754. The topological polar surface area (TPSA) is 28.2 Å². The van der Waals surface area contributed by atoms with Gasteiger partial charge in [-0.3, -0.25) is 0 Å². The molecule has 0 aromatic heterocycles. The maximum Gasteiger partial charge on any atom is 0.0931 e. The van der Waals surface area contributed by atoms with Crippen LogP contribution in [-0.4, -0.2) is 19.1 Å². The van der Waals surface area contributed by atoms with Crippen molar-refractivity contribution < 1.29 is 4.90 Å². The lowest BCUT2D eigenvalue weighted by Gasteiger charge is -2.37. The number of hydrogen-bond donors (Lipinski definition) is 1. The maximum atomic E-state index is 8.94. The van der Waals surface area contributed by atoms with Crippen molar-refractivity contribution in [1.29, 1.82) is 5.26 Å². The van der Waals surface area contributed by atoms with E-state index in [-0.39, 0.29) is 5.92 Å². The third-order valence-corrected chi connectivity index (χ3v) is 4.46. The highest BCUT2D eigenvalue weighted by Crippen LogP contribution is 2.47. The number of nitrogens with one attached hydrogen (secondary N) is 1. The van der Waals surface area contributed by atoms with Gasteiger partial charge >= 0.3 is 0 Å². The molecule has 2 nitrogen and oxygen atoms in total. The van der Waals surface area contributed by atoms with E-state index in [9.17, 15) is 0 Å². The second-order valence-corrected chi connectivity index (χ2v) is 7.33. The van der Waals surface area contributed by atoms with Crippen LogP contribution in [0.15, 0.2) is 0 Å². The molecule has 0 aromatic rings. The minimum atomic E-state index is 0.209. The van der Waals surface area contributed by atoms with Gasteiger partial charge in [-0.1, -0.05) is 20.8 Å². The van der Waals surface area contributed by atoms with E-state index in [0.29, 0.717) is 10.8 Å². The Labute approximate surface area is 99.6 Å². The highest BCUT2D eigenvalue weighted by molar-refractivity contribution is 4.95. The lowest BCUT2D eigenvalue weighted by Crippen LogP contribution is -3.14. The van der Waals surface area contributed by atoms with Crippen molar-refractivity contribution in [2.75, 3.05) is 13.1 Å². The molecule has 0 aromatic carbocycles. The van der Waals surface area contributed by atoms with E-state index in [2.05, 4.69) is 33.8 Å². The summed E-state index contributed by atoms with van der Waals surface area (Å²) in [5, 5.41) is 8.94. The van der Waals surface area contributed by atoms with Gasteiger partial charge in [0.15, 0.2) is 0 Å². The van der Waals surface area contributed by atoms with Gasteiger partial charge in [-0.2, -0.15) is 5.26 Å². The number of nitriles is 1. The van der Waals surface area contributed by atoms with E-state index in [4.69, 9.17) is 5.26 Å². The average molecular weight is 221 g/mol. The van der Waals surface area contributed by atoms with Gasteiger partial charge in [0, 0.05) is 18.3 Å². The molecule has 1 aliphatic carbocycles. The Morgan fingerprint density at radius 1 is 1.38 bits per heavy atom. The van der Waals surface area contributed by atoms with E-state index in [0.717, 1.165) is 12.6 Å². The zero-order chi connectivity index (χ0) is 12.0. The number of nitrogens with zero attached hydrogens (tertiary/aromatic N) is 1. The molecule has 1 aliphatic heterocycles. The molecule has 4 atom stereocenters. The van der Waals surface area contributed by atoms with Gasteiger partial charge < -0.3 is 4.90 Å². The zero-order valence-electron chi connectivity index (χ0n) is 11.1. The van der Waals surface area contributed by atoms with Crippen molar-refractivity contribution in [3.05, 3.63) is 0 Å². The third-order valence-electron chi connectivity index (χ3n) is 4.46. The van der Waals surface area contributed by atoms with Crippen LogP contribution in [-0.2, 0) is 0 Å². The molecule has 2 aliphatic rings. The Balaban J connectivity index is 2.08. The first-order valence-electron chi connectivity index (χ1n) is 6.58. The predicted molar refractivity (Wildman–Crippen MR) is 65.0 cm³/mol. The molecule has 90 valence electrons. The standard InChI is InChI=1S/C14H24N2/c1-11(7-15)8-16-10-14(4)6-12(16)5-13(2,3)9-14/h11-12H,5-6,8-10H2,1-4H3/p+1/t11-,12+,14+/m0/s1. The lowest BCUT2D eigenvalue weighted by atomic mass is 9.65. The van der Waals surface area contributed by atoms with Crippen molar-refractivity contribution in [1.82, 2.24) is 0 Å². The Morgan fingerprint density at radius 3 is 2.69 bits per heavy atom. The molecule has 0 spiro atoms. The Bertz CT molecular complexity index is 315. The van der Waals surface area contributed by atoms with E-state index < -0.39 is 0 Å². The van der Waals surface area contributed by atoms with Crippen LogP contribution in [0.25, 0.3) is 0 Å². The van der Waals surface area contributed by atoms with Crippen molar-refractivity contribution in [2.24, 2.45) is 16.7 Å². The number of fused-ring (bicyclic) bond motifs is 2. The first kappa shape index (κ1) is 11.9. The van der Waals surface area contributed by atoms with Crippen molar-refractivity contribution in [3.63, 3.8) is 0 Å². The molecule has 1 N–H and O–H groups in total. The van der Waals surface area contributed by atoms with E-state index in [1.165, 1.54) is 25.8 Å². The first-order valence-corrected chi connectivity index (χ1v) is 6.58. The average Bonchev–Trinajstić information content (AvgIpc) is 2.35. The van der Waals surface area contributed by atoms with E-state index >= 15 is 0 Å². The summed E-state index contributed by atoms with van der Waals surface area (Å²) in [6.45, 7) is 11.7. The summed E-state index contributed by atoms with van der Waals surface area (Å²) in [6.07, 6.45) is 4.08. The lowest BCUT2D eigenvalue weighted by molar-refractivity contribution is -0.916. The van der Waals surface area contributed by atoms with Crippen LogP contribution >= 0.6 is 0 Å². The van der Waals surface area contributed by atoms with Crippen LogP contribution in [0.5, 0.6) is 0 Å². The third kappa shape index (κ3) is 2.25. The van der Waals surface area contributed by atoms with Crippen LogP contribution in [0.4, 0.5) is 0 Å². The summed E-state index contributed by atoms with van der Waals surface area (Å²) in [5.41, 5.74) is 1.05. The van der Waals surface area contributed by atoms with Crippen LogP contribution in [0, 0.1) is 28.1 Å². The predicted octanol–water partition coefficient (Wildman–Crippen LogP) is 1.63. The molecule has 1 saturated heterocycles. The molecule has 2 fully saturated rings. The number of quaternary nitrogens is 1. The van der Waals surface area contributed by atoms with Crippen molar-refractivity contribution >= 4 is 0 Å². The SMILES string of the molecule is C[C@@H](C#N)C[NH+]1C[C@]2(C)C[C@H]1CC(C)(C)C2. The molecular weight excluding hydrogens is 196 g/mol. The van der Waals surface area contributed by atoms with E-state index in [1.54, 1.807) is 4.90 Å². The van der Waals surface area contributed by atoms with E-state index in [1.807, 2.05) is 0 Å². The number of rotatable bonds is 2. The van der Waals surface area contributed by atoms with Gasteiger partial charge in [0.25, 0.3) is 0 Å². The molecule has 0 radical (unpaired) electrons. The number of hydrogen-bond acceptors (Lipinski definition) is 1. The van der Waals surface area contributed by atoms with Crippen molar-refractivity contribution in [2.45, 2.75) is 53.0 Å². The first-order chi connectivity index (χ1) is 7.34. The molecule has 0 amide bonds. The van der Waals surface area contributed by atoms with Crippen LogP contribution in [0.1, 0.15) is 47.0 Å². The fourth-order valence-electron chi connectivity index (χ4n) is 4.43. The smallest absolute Gasteiger partial charge is 0.0931 e. The zero-order valence-corrected chi connectivity index (χ0v) is 11.1. The second-order valence-electron chi connectivity index (χ2n) is 7.33. The maximum absolute atomic E-state index is 8.94. The number of likely N-dealkylation sites (tertiary alicyclic amines) is 1. The summed E-state index contributed by atoms with van der Waals surface area (Å²) in [5.74, 6) is 0.209. The highest BCUT2D eigenvalue weighted by atomic mass is 15.2. The summed E-state index contributed by atoms with van der Waals surface area (Å²) >= 11 is 0. The summed E-state index contributed by atoms with van der Waals surface area (Å²) in [4.78, 5) is 1.70. The minimum absolute atomic E-state index is 0.209. The molecule has 1 unspecified atom stereocenters. The van der Waals surface area contributed by atoms with Crippen LogP contribution in [0.2, 0.25) is 0 Å². The van der Waals surface area contributed by atoms with Crippen LogP contribution < -0.4 is 4.90 Å². The Hall–Kier alpha value is -0.550.